The third kappa shape index (κ3) is 3.60. The second-order valence-electron chi connectivity index (χ2n) is 4.58. The Morgan fingerprint density at radius 1 is 1.29 bits per heavy atom. The molecule has 1 aromatic rings. The first kappa shape index (κ1) is 13.8. The summed E-state index contributed by atoms with van der Waals surface area (Å²) in [5.74, 6) is 1.42. The molecule has 0 aromatic carbocycles. The molecule has 0 atom stereocenters. The molecular formula is C13H22N2O2. The van der Waals surface area contributed by atoms with E-state index in [1.54, 1.807) is 26.5 Å². The normalized spacial score (nSPS) is 11.4. The van der Waals surface area contributed by atoms with E-state index in [0.29, 0.717) is 18.0 Å². The highest BCUT2D eigenvalue weighted by Crippen LogP contribution is 2.29. The zero-order valence-corrected chi connectivity index (χ0v) is 11.3. The number of nitrogens with one attached hydrogen (secondary N) is 1. The summed E-state index contributed by atoms with van der Waals surface area (Å²) in [6, 6.07) is 1.80. The smallest absolute Gasteiger partial charge is 0.183 e. The van der Waals surface area contributed by atoms with Gasteiger partial charge in [0.2, 0.25) is 0 Å². The summed E-state index contributed by atoms with van der Waals surface area (Å²) in [7, 11) is 3.26. The maximum atomic E-state index is 5.34. The highest BCUT2D eigenvalue weighted by atomic mass is 16.5. The van der Waals surface area contributed by atoms with Crippen LogP contribution in [0, 0.1) is 0 Å². The summed E-state index contributed by atoms with van der Waals surface area (Å²) >= 11 is 0. The van der Waals surface area contributed by atoms with Crippen LogP contribution in [-0.2, 0) is 6.54 Å². The third-order valence-electron chi connectivity index (χ3n) is 2.98. The Labute approximate surface area is 103 Å². The molecule has 0 saturated heterocycles. The van der Waals surface area contributed by atoms with Crippen LogP contribution < -0.4 is 14.8 Å². The number of hydrogen-bond donors (Lipinski definition) is 1. The molecule has 0 aliphatic heterocycles. The number of rotatable bonds is 6. The standard InChI is InChI=1S/C13H22N2O2/c1-6-13(2,3)15-9-10-12(17-5)11(16-4)7-8-14-10/h7-8,15H,6,9H2,1-5H3. The van der Waals surface area contributed by atoms with Gasteiger partial charge in [-0.15, -0.1) is 0 Å². The predicted octanol–water partition coefficient (Wildman–Crippen LogP) is 2.38. The highest BCUT2D eigenvalue weighted by molar-refractivity contribution is 5.42. The molecule has 0 aliphatic rings. The molecule has 0 fully saturated rings. The van der Waals surface area contributed by atoms with Crippen LogP contribution in [0.3, 0.4) is 0 Å². The Balaban J connectivity index is 2.84. The SMILES string of the molecule is CCC(C)(C)NCc1nccc(OC)c1OC. The molecular weight excluding hydrogens is 216 g/mol. The molecule has 0 saturated carbocycles. The van der Waals surface area contributed by atoms with Gasteiger partial charge in [0.15, 0.2) is 11.5 Å². The van der Waals surface area contributed by atoms with Crippen molar-refractivity contribution in [2.45, 2.75) is 39.3 Å². The molecule has 17 heavy (non-hydrogen) atoms. The lowest BCUT2D eigenvalue weighted by Crippen LogP contribution is -2.38. The van der Waals surface area contributed by atoms with Crippen molar-refractivity contribution in [3.05, 3.63) is 18.0 Å². The van der Waals surface area contributed by atoms with E-state index < -0.39 is 0 Å². The van der Waals surface area contributed by atoms with E-state index in [1.165, 1.54) is 0 Å². The van der Waals surface area contributed by atoms with Crippen molar-refractivity contribution in [1.82, 2.24) is 10.3 Å². The van der Waals surface area contributed by atoms with Crippen molar-refractivity contribution in [2.75, 3.05) is 14.2 Å². The quantitative estimate of drug-likeness (QED) is 0.826. The lowest BCUT2D eigenvalue weighted by molar-refractivity contribution is 0.337. The maximum absolute atomic E-state index is 5.34. The summed E-state index contributed by atoms with van der Waals surface area (Å²) in [4.78, 5) is 4.33. The fourth-order valence-electron chi connectivity index (χ4n) is 1.42. The number of methoxy groups -OCH3 is 2. The Kier molecular flexibility index (Phi) is 4.75. The second kappa shape index (κ2) is 5.87. The van der Waals surface area contributed by atoms with Crippen LogP contribution >= 0.6 is 0 Å². The number of hydrogen-bond acceptors (Lipinski definition) is 4. The van der Waals surface area contributed by atoms with Gasteiger partial charge in [0, 0.05) is 24.3 Å². The van der Waals surface area contributed by atoms with Crippen molar-refractivity contribution >= 4 is 0 Å². The molecule has 0 radical (unpaired) electrons. The van der Waals surface area contributed by atoms with Crippen LogP contribution in [0.25, 0.3) is 0 Å². The van der Waals surface area contributed by atoms with Crippen LogP contribution in [0.5, 0.6) is 11.5 Å². The third-order valence-corrected chi connectivity index (χ3v) is 2.98. The summed E-state index contributed by atoms with van der Waals surface area (Å²) in [6.45, 7) is 7.16. The van der Waals surface area contributed by atoms with E-state index in [0.717, 1.165) is 12.1 Å². The molecule has 0 bridgehead atoms. The van der Waals surface area contributed by atoms with Crippen molar-refractivity contribution in [3.63, 3.8) is 0 Å². The zero-order chi connectivity index (χ0) is 12.9. The molecule has 1 heterocycles. The Morgan fingerprint density at radius 2 is 2.00 bits per heavy atom. The zero-order valence-electron chi connectivity index (χ0n) is 11.3. The minimum Gasteiger partial charge on any atom is -0.493 e. The van der Waals surface area contributed by atoms with Gasteiger partial charge in [0.05, 0.1) is 19.9 Å². The van der Waals surface area contributed by atoms with E-state index in [9.17, 15) is 0 Å². The van der Waals surface area contributed by atoms with Gasteiger partial charge in [-0.2, -0.15) is 0 Å². The molecule has 0 amide bonds. The fraction of sp³-hybridized carbons (Fsp3) is 0.615. The van der Waals surface area contributed by atoms with E-state index in [1.807, 2.05) is 0 Å². The van der Waals surface area contributed by atoms with Gasteiger partial charge in [0.25, 0.3) is 0 Å². The summed E-state index contributed by atoms with van der Waals surface area (Å²) in [6.07, 6.45) is 2.79. The minimum absolute atomic E-state index is 0.0930. The first-order chi connectivity index (χ1) is 8.04. The Morgan fingerprint density at radius 3 is 2.53 bits per heavy atom. The molecule has 0 spiro atoms. The first-order valence-corrected chi connectivity index (χ1v) is 5.85. The molecule has 4 nitrogen and oxygen atoms in total. The number of ether oxygens (including phenoxy) is 2. The second-order valence-corrected chi connectivity index (χ2v) is 4.58. The fourth-order valence-corrected chi connectivity index (χ4v) is 1.42. The van der Waals surface area contributed by atoms with Gasteiger partial charge < -0.3 is 14.8 Å². The molecule has 1 rings (SSSR count). The van der Waals surface area contributed by atoms with Gasteiger partial charge in [-0.25, -0.2) is 0 Å². The molecule has 1 aromatic heterocycles. The van der Waals surface area contributed by atoms with Gasteiger partial charge in [0.1, 0.15) is 0 Å². The minimum atomic E-state index is 0.0930. The van der Waals surface area contributed by atoms with E-state index in [-0.39, 0.29) is 5.54 Å². The van der Waals surface area contributed by atoms with Crippen molar-refractivity contribution in [2.24, 2.45) is 0 Å². The number of aromatic nitrogens is 1. The van der Waals surface area contributed by atoms with E-state index >= 15 is 0 Å². The van der Waals surface area contributed by atoms with E-state index in [2.05, 4.69) is 31.1 Å². The molecule has 0 aliphatic carbocycles. The maximum Gasteiger partial charge on any atom is 0.183 e. The van der Waals surface area contributed by atoms with Gasteiger partial charge in [-0.1, -0.05) is 6.92 Å². The lowest BCUT2D eigenvalue weighted by atomic mass is 10.0. The molecule has 4 heteroatoms. The van der Waals surface area contributed by atoms with Gasteiger partial charge in [-0.3, -0.25) is 4.98 Å². The Hall–Kier alpha value is -1.29. The average molecular weight is 238 g/mol. The van der Waals surface area contributed by atoms with Crippen LogP contribution in [0.2, 0.25) is 0 Å². The van der Waals surface area contributed by atoms with Crippen LogP contribution in [0.4, 0.5) is 0 Å². The average Bonchev–Trinajstić information content (AvgIpc) is 2.35. The van der Waals surface area contributed by atoms with Crippen LogP contribution in [0.1, 0.15) is 32.9 Å². The van der Waals surface area contributed by atoms with Crippen molar-refractivity contribution < 1.29 is 9.47 Å². The molecule has 96 valence electrons. The monoisotopic (exact) mass is 238 g/mol. The van der Waals surface area contributed by atoms with Gasteiger partial charge >= 0.3 is 0 Å². The highest BCUT2D eigenvalue weighted by Gasteiger charge is 2.17. The lowest BCUT2D eigenvalue weighted by Gasteiger charge is -2.24. The number of nitrogens with zero attached hydrogens (tertiary/aromatic N) is 1. The number of pyridine rings is 1. The van der Waals surface area contributed by atoms with E-state index in [4.69, 9.17) is 9.47 Å². The summed E-state index contributed by atoms with van der Waals surface area (Å²) in [5, 5.41) is 3.45. The summed E-state index contributed by atoms with van der Waals surface area (Å²) < 4.78 is 10.6. The van der Waals surface area contributed by atoms with Crippen LogP contribution in [-0.4, -0.2) is 24.7 Å². The van der Waals surface area contributed by atoms with Crippen LogP contribution in [0.15, 0.2) is 12.3 Å². The van der Waals surface area contributed by atoms with Crippen molar-refractivity contribution in [1.29, 1.82) is 0 Å². The van der Waals surface area contributed by atoms with Crippen molar-refractivity contribution in [3.8, 4) is 11.5 Å². The topological polar surface area (TPSA) is 43.4 Å². The Bertz CT molecular complexity index is 364. The largest absolute Gasteiger partial charge is 0.493 e. The molecule has 1 N–H and O–H groups in total. The van der Waals surface area contributed by atoms with Gasteiger partial charge in [-0.05, 0) is 20.3 Å². The first-order valence-electron chi connectivity index (χ1n) is 5.85. The molecule has 0 unspecified atom stereocenters. The summed E-state index contributed by atoms with van der Waals surface area (Å²) in [5.41, 5.74) is 0.962. The predicted molar refractivity (Wildman–Crippen MR) is 68.6 cm³/mol.